The Labute approximate surface area is 81.6 Å². The Bertz CT molecular complexity index is 495. The van der Waals surface area contributed by atoms with E-state index in [0.717, 1.165) is 11.2 Å². The third kappa shape index (κ3) is 1.43. The molecule has 0 bridgehead atoms. The maximum Gasteiger partial charge on any atom is 0.327 e. The molecule has 0 unspecified atom stereocenters. The van der Waals surface area contributed by atoms with E-state index in [4.69, 9.17) is 0 Å². The molecule has 0 aliphatic heterocycles. The maximum absolute atomic E-state index is 11.5. The van der Waals surface area contributed by atoms with Crippen LogP contribution in [-0.4, -0.2) is 14.5 Å². The predicted octanol–water partition coefficient (Wildman–Crippen LogP) is 1.38. The van der Waals surface area contributed by atoms with Gasteiger partial charge in [-0.05, 0) is 18.1 Å². The lowest BCUT2D eigenvalue weighted by molar-refractivity contribution is 0.520. The predicted molar refractivity (Wildman–Crippen MR) is 55.2 cm³/mol. The maximum atomic E-state index is 11.5. The van der Waals surface area contributed by atoms with Gasteiger partial charge in [0, 0.05) is 12.7 Å². The number of hydrogen-bond donors (Lipinski definition) is 1. The molecule has 0 saturated carbocycles. The monoisotopic (exact) mass is 191 g/mol. The summed E-state index contributed by atoms with van der Waals surface area (Å²) in [6.45, 7) is 4.86. The number of aromatic nitrogens is 3. The van der Waals surface area contributed by atoms with E-state index in [1.54, 1.807) is 10.8 Å². The van der Waals surface area contributed by atoms with Crippen molar-refractivity contribution in [1.29, 1.82) is 0 Å². The highest BCUT2D eigenvalue weighted by molar-refractivity contribution is 5.69. The molecule has 0 amide bonds. The number of imidazole rings is 1. The van der Waals surface area contributed by atoms with Crippen molar-refractivity contribution >= 4 is 11.2 Å². The second-order valence-electron chi connectivity index (χ2n) is 3.81. The summed E-state index contributed by atoms with van der Waals surface area (Å²) in [6.07, 6.45) is 1.70. The molecule has 2 aromatic rings. The Hall–Kier alpha value is -1.58. The Balaban J connectivity index is 2.62. The van der Waals surface area contributed by atoms with Crippen LogP contribution in [0.1, 0.15) is 13.8 Å². The van der Waals surface area contributed by atoms with Crippen LogP contribution in [0, 0.1) is 5.92 Å². The van der Waals surface area contributed by atoms with Gasteiger partial charge < -0.3 is 4.98 Å². The molecule has 0 aliphatic rings. The van der Waals surface area contributed by atoms with E-state index in [9.17, 15) is 4.79 Å². The summed E-state index contributed by atoms with van der Waals surface area (Å²) in [7, 11) is 0. The van der Waals surface area contributed by atoms with Crippen molar-refractivity contribution in [2.45, 2.75) is 20.4 Å². The number of nitrogens with zero attached hydrogens (tertiary/aromatic N) is 2. The SMILES string of the molecule is CC(C)Cn1c(=O)[nH]c2cccnc21. The van der Waals surface area contributed by atoms with Gasteiger partial charge >= 0.3 is 5.69 Å². The Morgan fingerprint density at radius 2 is 2.36 bits per heavy atom. The summed E-state index contributed by atoms with van der Waals surface area (Å²) < 4.78 is 1.68. The molecular formula is C10H13N3O. The second kappa shape index (κ2) is 3.29. The number of nitrogens with one attached hydrogen (secondary N) is 1. The largest absolute Gasteiger partial charge is 0.327 e. The quantitative estimate of drug-likeness (QED) is 0.779. The molecule has 14 heavy (non-hydrogen) atoms. The number of hydrogen-bond acceptors (Lipinski definition) is 2. The molecule has 0 aromatic carbocycles. The highest BCUT2D eigenvalue weighted by Crippen LogP contribution is 2.07. The van der Waals surface area contributed by atoms with E-state index < -0.39 is 0 Å². The highest BCUT2D eigenvalue weighted by atomic mass is 16.1. The average molecular weight is 191 g/mol. The number of aromatic amines is 1. The smallest absolute Gasteiger partial charge is 0.304 e. The lowest BCUT2D eigenvalue weighted by atomic mass is 10.2. The van der Waals surface area contributed by atoms with E-state index in [0.29, 0.717) is 12.5 Å². The molecule has 0 radical (unpaired) electrons. The number of H-pyrrole nitrogens is 1. The van der Waals surface area contributed by atoms with E-state index in [1.165, 1.54) is 0 Å². The van der Waals surface area contributed by atoms with Crippen molar-refractivity contribution in [2.75, 3.05) is 0 Å². The molecule has 0 saturated heterocycles. The third-order valence-corrected chi connectivity index (χ3v) is 2.08. The van der Waals surface area contributed by atoms with Crippen LogP contribution < -0.4 is 5.69 Å². The fourth-order valence-corrected chi connectivity index (χ4v) is 1.52. The van der Waals surface area contributed by atoms with E-state index in [-0.39, 0.29) is 5.69 Å². The Kier molecular flexibility index (Phi) is 2.11. The first kappa shape index (κ1) is 8.99. The Morgan fingerprint density at radius 3 is 3.07 bits per heavy atom. The topological polar surface area (TPSA) is 50.7 Å². The summed E-state index contributed by atoms with van der Waals surface area (Å²) in [5.74, 6) is 0.439. The van der Waals surface area contributed by atoms with E-state index in [2.05, 4.69) is 23.8 Å². The molecule has 4 heteroatoms. The summed E-state index contributed by atoms with van der Waals surface area (Å²) in [5.41, 5.74) is 1.47. The van der Waals surface area contributed by atoms with Gasteiger partial charge in [-0.2, -0.15) is 0 Å². The first-order valence-electron chi connectivity index (χ1n) is 4.72. The van der Waals surface area contributed by atoms with Gasteiger partial charge in [0.1, 0.15) is 0 Å². The van der Waals surface area contributed by atoms with Crippen LogP contribution in [0.4, 0.5) is 0 Å². The van der Waals surface area contributed by atoms with Gasteiger partial charge in [-0.3, -0.25) is 4.57 Å². The standard InChI is InChI=1S/C10H13N3O/c1-7(2)6-13-9-8(12-10(13)14)4-3-5-11-9/h3-5,7H,6H2,1-2H3,(H,12,14). The van der Waals surface area contributed by atoms with Crippen molar-refractivity contribution in [3.05, 3.63) is 28.8 Å². The zero-order chi connectivity index (χ0) is 10.1. The number of pyridine rings is 1. The van der Waals surface area contributed by atoms with Crippen LogP contribution in [0.2, 0.25) is 0 Å². The molecule has 0 aliphatic carbocycles. The fraction of sp³-hybridized carbons (Fsp3) is 0.400. The molecule has 2 rings (SSSR count). The van der Waals surface area contributed by atoms with Crippen LogP contribution >= 0.6 is 0 Å². The van der Waals surface area contributed by atoms with Crippen LogP contribution in [0.5, 0.6) is 0 Å². The van der Waals surface area contributed by atoms with Crippen molar-refractivity contribution in [3.63, 3.8) is 0 Å². The van der Waals surface area contributed by atoms with Gasteiger partial charge in [0.05, 0.1) is 5.52 Å². The van der Waals surface area contributed by atoms with Crippen LogP contribution in [0.3, 0.4) is 0 Å². The summed E-state index contributed by atoms with van der Waals surface area (Å²) in [4.78, 5) is 18.5. The minimum atomic E-state index is -0.0765. The van der Waals surface area contributed by atoms with Gasteiger partial charge in [-0.1, -0.05) is 13.8 Å². The van der Waals surface area contributed by atoms with Crippen LogP contribution in [0.25, 0.3) is 11.2 Å². The van der Waals surface area contributed by atoms with Crippen molar-refractivity contribution in [3.8, 4) is 0 Å². The van der Waals surface area contributed by atoms with E-state index in [1.807, 2.05) is 12.1 Å². The van der Waals surface area contributed by atoms with Crippen LogP contribution in [-0.2, 0) is 6.54 Å². The summed E-state index contributed by atoms with van der Waals surface area (Å²) in [5, 5.41) is 0. The molecule has 4 nitrogen and oxygen atoms in total. The minimum absolute atomic E-state index is 0.0765. The molecule has 0 fully saturated rings. The van der Waals surface area contributed by atoms with Crippen molar-refractivity contribution < 1.29 is 0 Å². The van der Waals surface area contributed by atoms with Gasteiger partial charge in [-0.25, -0.2) is 9.78 Å². The number of rotatable bonds is 2. The lowest BCUT2D eigenvalue weighted by Gasteiger charge is -2.04. The highest BCUT2D eigenvalue weighted by Gasteiger charge is 2.07. The first-order valence-corrected chi connectivity index (χ1v) is 4.72. The molecule has 2 aromatic heterocycles. The molecular weight excluding hydrogens is 178 g/mol. The zero-order valence-electron chi connectivity index (χ0n) is 8.32. The molecule has 0 spiro atoms. The second-order valence-corrected chi connectivity index (χ2v) is 3.81. The molecule has 0 atom stereocenters. The normalized spacial score (nSPS) is 11.4. The van der Waals surface area contributed by atoms with Crippen molar-refractivity contribution in [1.82, 2.24) is 14.5 Å². The van der Waals surface area contributed by atoms with Gasteiger partial charge in [-0.15, -0.1) is 0 Å². The Morgan fingerprint density at radius 1 is 1.57 bits per heavy atom. The van der Waals surface area contributed by atoms with E-state index >= 15 is 0 Å². The summed E-state index contributed by atoms with van der Waals surface area (Å²) >= 11 is 0. The van der Waals surface area contributed by atoms with Gasteiger partial charge in [0.2, 0.25) is 0 Å². The minimum Gasteiger partial charge on any atom is -0.304 e. The molecule has 2 heterocycles. The molecule has 1 N–H and O–H groups in total. The zero-order valence-corrected chi connectivity index (χ0v) is 8.32. The lowest BCUT2D eigenvalue weighted by Crippen LogP contribution is -2.19. The third-order valence-electron chi connectivity index (χ3n) is 2.08. The van der Waals surface area contributed by atoms with Gasteiger partial charge in [0.25, 0.3) is 0 Å². The van der Waals surface area contributed by atoms with Crippen molar-refractivity contribution in [2.24, 2.45) is 5.92 Å². The van der Waals surface area contributed by atoms with Gasteiger partial charge in [0.15, 0.2) is 5.65 Å². The fourth-order valence-electron chi connectivity index (χ4n) is 1.52. The summed E-state index contributed by atoms with van der Waals surface area (Å²) in [6, 6.07) is 3.68. The average Bonchev–Trinajstić information content (AvgIpc) is 2.43. The first-order chi connectivity index (χ1) is 6.68. The van der Waals surface area contributed by atoms with Crippen LogP contribution in [0.15, 0.2) is 23.1 Å². The molecule has 74 valence electrons. The number of fused-ring (bicyclic) bond motifs is 1.